The fraction of sp³-hybridized carbons (Fsp3) is 0.462. The van der Waals surface area contributed by atoms with Crippen molar-refractivity contribution in [1.82, 2.24) is 5.32 Å². The lowest BCUT2D eigenvalue weighted by Crippen LogP contribution is -2.34. The molecule has 0 aliphatic heterocycles. The van der Waals surface area contributed by atoms with E-state index in [0.29, 0.717) is 6.42 Å². The number of carbonyl (C=O) groups excluding carboxylic acids is 1. The molecule has 0 bridgehead atoms. The number of hydrogen-bond acceptors (Lipinski definition) is 2. The molecule has 2 aliphatic carbocycles. The maximum Gasteiger partial charge on any atom is 0.223 e. The highest BCUT2D eigenvalue weighted by atomic mass is 16.3. The van der Waals surface area contributed by atoms with Crippen LogP contribution in [0.15, 0.2) is 24.3 Å². The van der Waals surface area contributed by atoms with Crippen LogP contribution in [0, 0.1) is 5.92 Å². The number of nitrogens with one attached hydrogen (secondary N) is 1. The molecule has 2 N–H and O–H groups in total. The van der Waals surface area contributed by atoms with Crippen molar-refractivity contribution in [3.8, 4) is 0 Å². The van der Waals surface area contributed by atoms with Gasteiger partial charge in [-0.15, -0.1) is 0 Å². The van der Waals surface area contributed by atoms with Crippen LogP contribution >= 0.6 is 0 Å². The van der Waals surface area contributed by atoms with E-state index in [2.05, 4.69) is 5.32 Å². The molecule has 3 nitrogen and oxygen atoms in total. The summed E-state index contributed by atoms with van der Waals surface area (Å²) in [5.74, 6) is 0.292. The van der Waals surface area contributed by atoms with Gasteiger partial charge in [0.2, 0.25) is 5.91 Å². The normalized spacial score (nSPS) is 27.6. The molecule has 0 radical (unpaired) electrons. The smallest absolute Gasteiger partial charge is 0.223 e. The van der Waals surface area contributed by atoms with Gasteiger partial charge >= 0.3 is 0 Å². The van der Waals surface area contributed by atoms with Gasteiger partial charge < -0.3 is 10.4 Å². The lowest BCUT2D eigenvalue weighted by molar-refractivity contribution is -0.123. The van der Waals surface area contributed by atoms with E-state index < -0.39 is 6.10 Å². The number of aliphatic hydroxyl groups is 1. The van der Waals surface area contributed by atoms with Crippen molar-refractivity contribution in [1.29, 1.82) is 0 Å². The van der Waals surface area contributed by atoms with Crippen LogP contribution in [0.25, 0.3) is 0 Å². The first-order valence-corrected chi connectivity index (χ1v) is 5.82. The zero-order valence-corrected chi connectivity index (χ0v) is 9.02. The van der Waals surface area contributed by atoms with Gasteiger partial charge in [0.25, 0.3) is 0 Å². The summed E-state index contributed by atoms with van der Waals surface area (Å²) in [4.78, 5) is 11.7. The van der Waals surface area contributed by atoms with Gasteiger partial charge in [0.1, 0.15) is 0 Å². The zero-order chi connectivity index (χ0) is 11.1. The van der Waals surface area contributed by atoms with Gasteiger partial charge in [0, 0.05) is 12.3 Å². The summed E-state index contributed by atoms with van der Waals surface area (Å²) >= 11 is 0. The minimum atomic E-state index is -0.472. The van der Waals surface area contributed by atoms with Crippen LogP contribution in [0.1, 0.15) is 30.0 Å². The number of rotatable bonds is 2. The van der Waals surface area contributed by atoms with Gasteiger partial charge in [-0.3, -0.25) is 4.79 Å². The first-order valence-electron chi connectivity index (χ1n) is 5.82. The second kappa shape index (κ2) is 3.59. The lowest BCUT2D eigenvalue weighted by Gasteiger charge is -2.17. The summed E-state index contributed by atoms with van der Waals surface area (Å²) in [7, 11) is 0. The predicted octanol–water partition coefficient (Wildman–Crippen LogP) is 1.17. The van der Waals surface area contributed by atoms with Crippen LogP contribution in [0.4, 0.5) is 0 Å². The van der Waals surface area contributed by atoms with Gasteiger partial charge in [-0.1, -0.05) is 24.3 Å². The molecule has 1 amide bonds. The second-order valence-electron chi connectivity index (χ2n) is 4.73. The van der Waals surface area contributed by atoms with Crippen LogP contribution in [0.3, 0.4) is 0 Å². The summed E-state index contributed by atoms with van der Waals surface area (Å²) < 4.78 is 0. The highest BCUT2D eigenvalue weighted by Gasteiger charge is 2.36. The van der Waals surface area contributed by atoms with E-state index >= 15 is 0 Å². The Hall–Kier alpha value is -1.35. The summed E-state index contributed by atoms with van der Waals surface area (Å²) in [6.45, 7) is 0. The first kappa shape index (κ1) is 9.85. The van der Waals surface area contributed by atoms with Crippen molar-refractivity contribution in [2.45, 2.75) is 31.4 Å². The highest BCUT2D eigenvalue weighted by molar-refractivity contribution is 5.81. The topological polar surface area (TPSA) is 49.3 Å². The van der Waals surface area contributed by atoms with Gasteiger partial charge in [0.15, 0.2) is 0 Å². The van der Waals surface area contributed by atoms with Crippen molar-refractivity contribution in [3.05, 3.63) is 35.4 Å². The minimum absolute atomic E-state index is 0.0979. The van der Waals surface area contributed by atoms with Crippen LogP contribution < -0.4 is 5.32 Å². The Labute approximate surface area is 94.5 Å². The van der Waals surface area contributed by atoms with E-state index in [4.69, 9.17) is 0 Å². The Morgan fingerprint density at radius 3 is 2.81 bits per heavy atom. The average molecular weight is 217 g/mol. The lowest BCUT2D eigenvalue weighted by atomic mass is 10.1. The number of hydrogen-bond donors (Lipinski definition) is 2. The van der Waals surface area contributed by atoms with E-state index in [0.717, 1.165) is 24.0 Å². The summed E-state index contributed by atoms with van der Waals surface area (Å²) in [6.07, 6.45) is 2.17. The number of carbonyl (C=O) groups is 1. The predicted molar refractivity (Wildman–Crippen MR) is 59.8 cm³/mol. The Kier molecular flexibility index (Phi) is 2.21. The van der Waals surface area contributed by atoms with Crippen LogP contribution in [-0.2, 0) is 11.2 Å². The van der Waals surface area contributed by atoms with Gasteiger partial charge in [-0.05, 0) is 24.0 Å². The highest BCUT2D eigenvalue weighted by Crippen LogP contribution is 2.34. The largest absolute Gasteiger partial charge is 0.390 e. The van der Waals surface area contributed by atoms with Crippen LogP contribution in [0.2, 0.25) is 0 Å². The molecule has 84 valence electrons. The maximum atomic E-state index is 11.7. The summed E-state index contributed by atoms with van der Waals surface area (Å²) in [6, 6.07) is 7.72. The molecular formula is C13H15NO2. The zero-order valence-electron chi connectivity index (χ0n) is 9.02. The molecule has 0 aromatic heterocycles. The molecule has 0 spiro atoms. The van der Waals surface area contributed by atoms with Crippen molar-refractivity contribution in [2.24, 2.45) is 5.92 Å². The molecule has 1 aromatic rings. The SMILES string of the molecule is O=C(N[C@@H]1c2ccccc2C[C@@H]1O)C1CC1. The molecule has 3 heteroatoms. The van der Waals surface area contributed by atoms with E-state index in [1.165, 1.54) is 0 Å². The third kappa shape index (κ3) is 1.61. The Balaban J connectivity index is 1.81. The van der Waals surface area contributed by atoms with Crippen molar-refractivity contribution in [2.75, 3.05) is 0 Å². The standard InChI is InChI=1S/C13H15NO2/c15-11-7-9-3-1-2-4-10(9)12(11)14-13(16)8-5-6-8/h1-4,8,11-12,15H,5-7H2,(H,14,16)/t11-,12+/m0/s1. The van der Waals surface area contributed by atoms with E-state index in [1.54, 1.807) is 0 Å². The monoisotopic (exact) mass is 217 g/mol. The molecule has 0 saturated heterocycles. The number of aliphatic hydroxyl groups excluding tert-OH is 1. The summed E-state index contributed by atoms with van der Waals surface area (Å²) in [5, 5.41) is 12.9. The Morgan fingerprint density at radius 2 is 2.06 bits per heavy atom. The van der Waals surface area contributed by atoms with E-state index in [9.17, 15) is 9.90 Å². The molecule has 16 heavy (non-hydrogen) atoms. The quantitative estimate of drug-likeness (QED) is 0.781. The maximum absolute atomic E-state index is 11.7. The molecule has 0 heterocycles. The van der Waals surface area contributed by atoms with E-state index in [1.807, 2.05) is 24.3 Å². The molecule has 2 atom stereocenters. The number of benzene rings is 1. The Morgan fingerprint density at radius 1 is 1.31 bits per heavy atom. The van der Waals surface area contributed by atoms with Gasteiger partial charge in [-0.2, -0.15) is 0 Å². The third-order valence-electron chi connectivity index (χ3n) is 3.45. The Bertz CT molecular complexity index is 426. The van der Waals surface area contributed by atoms with Crippen molar-refractivity contribution >= 4 is 5.91 Å². The summed E-state index contributed by atoms with van der Waals surface area (Å²) in [5.41, 5.74) is 2.22. The fourth-order valence-corrected chi connectivity index (χ4v) is 2.36. The number of fused-ring (bicyclic) bond motifs is 1. The molecule has 3 rings (SSSR count). The minimum Gasteiger partial charge on any atom is -0.390 e. The van der Waals surface area contributed by atoms with Gasteiger partial charge in [-0.25, -0.2) is 0 Å². The number of amides is 1. The molecule has 1 aromatic carbocycles. The second-order valence-corrected chi connectivity index (χ2v) is 4.73. The van der Waals surface area contributed by atoms with Crippen LogP contribution in [0.5, 0.6) is 0 Å². The first-order chi connectivity index (χ1) is 7.75. The molecular weight excluding hydrogens is 202 g/mol. The van der Waals surface area contributed by atoms with Crippen molar-refractivity contribution < 1.29 is 9.90 Å². The van der Waals surface area contributed by atoms with E-state index in [-0.39, 0.29) is 17.9 Å². The average Bonchev–Trinajstić information content (AvgIpc) is 3.06. The third-order valence-corrected chi connectivity index (χ3v) is 3.45. The van der Waals surface area contributed by atoms with Gasteiger partial charge in [0.05, 0.1) is 12.1 Å². The fourth-order valence-electron chi connectivity index (χ4n) is 2.36. The van der Waals surface area contributed by atoms with Crippen molar-refractivity contribution in [3.63, 3.8) is 0 Å². The molecule has 1 saturated carbocycles. The van der Waals surface area contributed by atoms with Crippen LogP contribution in [-0.4, -0.2) is 17.1 Å². The molecule has 2 aliphatic rings. The molecule has 1 fully saturated rings. The molecule has 0 unspecified atom stereocenters.